The van der Waals surface area contributed by atoms with Gasteiger partial charge in [-0.25, -0.2) is 15.2 Å². The summed E-state index contributed by atoms with van der Waals surface area (Å²) in [6.45, 7) is 0. The van der Waals surface area contributed by atoms with E-state index in [1.807, 2.05) is 18.2 Å². The summed E-state index contributed by atoms with van der Waals surface area (Å²) < 4.78 is 0. The van der Waals surface area contributed by atoms with Gasteiger partial charge in [0.25, 0.3) is 5.91 Å². The summed E-state index contributed by atoms with van der Waals surface area (Å²) in [4.78, 5) is 31.9. The number of carbonyl (C=O) groups is 2. The number of aromatic nitrogens is 2. The van der Waals surface area contributed by atoms with Crippen molar-refractivity contribution >= 4 is 29.0 Å². The minimum Gasteiger partial charge on any atom is -0.307 e. The number of pyridine rings is 1. The van der Waals surface area contributed by atoms with Crippen molar-refractivity contribution in [3.8, 4) is 10.6 Å². The predicted molar refractivity (Wildman–Crippen MR) is 91.4 cm³/mol. The molecule has 0 bridgehead atoms. The largest absolute Gasteiger partial charge is 0.337 e. The van der Waals surface area contributed by atoms with E-state index in [1.54, 1.807) is 42.0 Å². The third-order valence-electron chi connectivity index (χ3n) is 2.99. The first kappa shape index (κ1) is 15.6. The third-order valence-corrected chi connectivity index (χ3v) is 3.88. The molecule has 0 aliphatic heterocycles. The highest BCUT2D eigenvalue weighted by Gasteiger charge is 2.12. The van der Waals surface area contributed by atoms with E-state index < -0.39 is 11.9 Å². The van der Waals surface area contributed by atoms with Gasteiger partial charge >= 0.3 is 6.03 Å². The molecule has 3 N–H and O–H groups in total. The van der Waals surface area contributed by atoms with Gasteiger partial charge in [-0.05, 0) is 24.3 Å². The number of amides is 3. The molecule has 7 nitrogen and oxygen atoms in total. The molecule has 3 amide bonds. The molecule has 1 aromatic carbocycles. The van der Waals surface area contributed by atoms with E-state index in [9.17, 15) is 9.59 Å². The lowest BCUT2D eigenvalue weighted by atomic mass is 10.3. The van der Waals surface area contributed by atoms with Crippen molar-refractivity contribution < 1.29 is 9.59 Å². The Kier molecular flexibility index (Phi) is 4.78. The van der Waals surface area contributed by atoms with Gasteiger partial charge in [-0.1, -0.05) is 18.2 Å². The second kappa shape index (κ2) is 7.34. The minimum absolute atomic E-state index is 0.229. The summed E-state index contributed by atoms with van der Waals surface area (Å²) >= 11 is 1.34. The Balaban J connectivity index is 1.56. The van der Waals surface area contributed by atoms with Crippen LogP contribution in [0.25, 0.3) is 10.6 Å². The van der Waals surface area contributed by atoms with Crippen molar-refractivity contribution in [2.75, 3.05) is 5.32 Å². The highest BCUT2D eigenvalue weighted by atomic mass is 32.1. The van der Waals surface area contributed by atoms with Gasteiger partial charge in [0.1, 0.15) is 10.7 Å². The van der Waals surface area contributed by atoms with Crippen LogP contribution in [0.1, 0.15) is 10.5 Å². The Hall–Kier alpha value is -3.26. The molecular weight excluding hydrogens is 326 g/mol. The number of hydrazine groups is 1. The van der Waals surface area contributed by atoms with Crippen molar-refractivity contribution in [3.63, 3.8) is 0 Å². The van der Waals surface area contributed by atoms with Gasteiger partial charge in [-0.3, -0.25) is 15.2 Å². The highest BCUT2D eigenvalue weighted by Crippen LogP contribution is 2.22. The number of thiazole rings is 1. The molecule has 3 aromatic rings. The molecule has 0 saturated carbocycles. The lowest BCUT2D eigenvalue weighted by Gasteiger charge is -2.07. The van der Waals surface area contributed by atoms with Crippen LogP contribution >= 0.6 is 11.3 Å². The molecule has 120 valence electrons. The highest BCUT2D eigenvalue weighted by molar-refractivity contribution is 7.13. The molecule has 2 heterocycles. The van der Waals surface area contributed by atoms with Gasteiger partial charge in [0.05, 0.1) is 0 Å². The Morgan fingerprint density at radius 3 is 2.46 bits per heavy atom. The van der Waals surface area contributed by atoms with Crippen molar-refractivity contribution in [3.05, 3.63) is 65.9 Å². The first-order valence-electron chi connectivity index (χ1n) is 7.01. The molecule has 2 aromatic heterocycles. The predicted octanol–water partition coefficient (Wildman–Crippen LogP) is 2.67. The summed E-state index contributed by atoms with van der Waals surface area (Å²) in [5, 5.41) is 4.92. The van der Waals surface area contributed by atoms with Gasteiger partial charge in [-0.2, -0.15) is 0 Å². The molecular formula is C16H13N5O2S. The van der Waals surface area contributed by atoms with E-state index >= 15 is 0 Å². The first-order chi connectivity index (χ1) is 11.7. The van der Waals surface area contributed by atoms with Crippen LogP contribution in [0, 0.1) is 0 Å². The molecule has 0 aliphatic carbocycles. The summed E-state index contributed by atoms with van der Waals surface area (Å²) in [5.41, 5.74) is 6.33. The lowest BCUT2D eigenvalue weighted by molar-refractivity contribution is 0.0933. The van der Waals surface area contributed by atoms with E-state index in [4.69, 9.17) is 0 Å². The number of carbonyl (C=O) groups excluding carboxylic acids is 2. The number of hydrogen-bond acceptors (Lipinski definition) is 5. The maximum absolute atomic E-state index is 12.0. The molecule has 3 rings (SSSR count). The van der Waals surface area contributed by atoms with Crippen molar-refractivity contribution in [1.29, 1.82) is 0 Å². The summed E-state index contributed by atoms with van der Waals surface area (Å²) in [6.07, 6.45) is 3.32. The second-order valence-corrected chi connectivity index (χ2v) is 5.53. The fourth-order valence-corrected chi connectivity index (χ4v) is 2.67. The minimum atomic E-state index is -0.542. The number of benzene rings is 1. The van der Waals surface area contributed by atoms with Crippen molar-refractivity contribution in [2.24, 2.45) is 0 Å². The fraction of sp³-hybridized carbons (Fsp3) is 0. The van der Waals surface area contributed by atoms with Crippen LogP contribution in [0.3, 0.4) is 0 Å². The standard InChI is InChI=1S/C16H13N5O2S/c22-14(20-21-16(23)18-12-4-2-1-3-5-12)13-10-24-15(19-13)11-6-8-17-9-7-11/h1-10H,(H,20,22)(H2,18,21,23). The van der Waals surface area contributed by atoms with Gasteiger partial charge in [-0.15, -0.1) is 11.3 Å². The van der Waals surface area contributed by atoms with Crippen LogP contribution in [0.4, 0.5) is 10.5 Å². The fourth-order valence-electron chi connectivity index (χ4n) is 1.87. The average Bonchev–Trinajstić information content (AvgIpc) is 3.11. The van der Waals surface area contributed by atoms with Gasteiger partial charge in [0.15, 0.2) is 0 Å². The zero-order valence-corrected chi connectivity index (χ0v) is 13.2. The first-order valence-corrected chi connectivity index (χ1v) is 7.88. The Bertz CT molecular complexity index is 836. The molecule has 8 heteroatoms. The number of rotatable bonds is 3. The van der Waals surface area contributed by atoms with E-state index in [1.165, 1.54) is 11.3 Å². The molecule has 0 atom stereocenters. The molecule has 0 spiro atoms. The van der Waals surface area contributed by atoms with Crippen LogP contribution in [-0.4, -0.2) is 21.9 Å². The van der Waals surface area contributed by atoms with Crippen LogP contribution in [0.5, 0.6) is 0 Å². The van der Waals surface area contributed by atoms with E-state index in [0.717, 1.165) is 5.56 Å². The molecule has 0 fully saturated rings. The summed E-state index contributed by atoms with van der Waals surface area (Å²) in [7, 11) is 0. The number of nitrogens with one attached hydrogen (secondary N) is 3. The van der Waals surface area contributed by atoms with Crippen LogP contribution < -0.4 is 16.2 Å². The Labute approximate surface area is 141 Å². The normalized spacial score (nSPS) is 10.0. The average molecular weight is 339 g/mol. The molecule has 0 aliphatic rings. The van der Waals surface area contributed by atoms with Crippen LogP contribution in [0.15, 0.2) is 60.2 Å². The SMILES string of the molecule is O=C(NNC(=O)c1csc(-c2ccncc2)n1)Nc1ccccc1. The smallest absolute Gasteiger partial charge is 0.307 e. The van der Waals surface area contributed by atoms with Crippen molar-refractivity contribution in [2.45, 2.75) is 0 Å². The third kappa shape index (κ3) is 3.93. The van der Waals surface area contributed by atoms with E-state index in [-0.39, 0.29) is 5.69 Å². The summed E-state index contributed by atoms with van der Waals surface area (Å²) in [5.74, 6) is -0.491. The monoisotopic (exact) mass is 339 g/mol. The second-order valence-electron chi connectivity index (χ2n) is 4.67. The Morgan fingerprint density at radius 1 is 0.958 bits per heavy atom. The van der Waals surface area contributed by atoms with Crippen LogP contribution in [0.2, 0.25) is 0 Å². The number of nitrogens with zero attached hydrogens (tertiary/aromatic N) is 2. The number of anilines is 1. The number of para-hydroxylation sites is 1. The van der Waals surface area contributed by atoms with Gasteiger partial charge in [0.2, 0.25) is 0 Å². The van der Waals surface area contributed by atoms with Crippen LogP contribution in [-0.2, 0) is 0 Å². The summed E-state index contributed by atoms with van der Waals surface area (Å²) in [6, 6.07) is 12.0. The van der Waals surface area contributed by atoms with Crippen molar-refractivity contribution in [1.82, 2.24) is 20.8 Å². The maximum atomic E-state index is 12.0. The zero-order valence-electron chi connectivity index (χ0n) is 12.4. The quantitative estimate of drug-likeness (QED) is 0.639. The molecule has 0 saturated heterocycles. The maximum Gasteiger partial charge on any atom is 0.337 e. The zero-order chi connectivity index (χ0) is 16.8. The van der Waals surface area contributed by atoms with Gasteiger partial charge in [0, 0.05) is 29.0 Å². The number of hydrogen-bond donors (Lipinski definition) is 3. The topological polar surface area (TPSA) is 96.0 Å². The van der Waals surface area contributed by atoms with E-state index in [2.05, 4.69) is 26.1 Å². The Morgan fingerprint density at radius 2 is 1.71 bits per heavy atom. The lowest BCUT2D eigenvalue weighted by Crippen LogP contribution is -2.44. The van der Waals surface area contributed by atoms with Gasteiger partial charge < -0.3 is 5.32 Å². The molecule has 0 unspecified atom stereocenters. The van der Waals surface area contributed by atoms with E-state index in [0.29, 0.717) is 10.7 Å². The molecule has 24 heavy (non-hydrogen) atoms. The molecule has 0 radical (unpaired) electrons. The number of urea groups is 1.